The van der Waals surface area contributed by atoms with Crippen LogP contribution in [0.1, 0.15) is 32.8 Å². The molecule has 0 radical (unpaired) electrons. The van der Waals surface area contributed by atoms with Gasteiger partial charge >= 0.3 is 0 Å². The summed E-state index contributed by atoms with van der Waals surface area (Å²) in [6, 6.07) is 6.20. The Labute approximate surface area is 126 Å². The van der Waals surface area contributed by atoms with Crippen molar-refractivity contribution < 1.29 is 4.74 Å². The van der Waals surface area contributed by atoms with Crippen LogP contribution in [0, 0.1) is 11.8 Å². The summed E-state index contributed by atoms with van der Waals surface area (Å²) in [4.78, 5) is 0. The second-order valence-electron chi connectivity index (χ2n) is 5.49. The summed E-state index contributed by atoms with van der Waals surface area (Å²) in [5.41, 5.74) is 1.33. The minimum atomic E-state index is 0.669. The number of halogens is 1. The van der Waals surface area contributed by atoms with Gasteiger partial charge in [-0.15, -0.1) is 0 Å². The van der Waals surface area contributed by atoms with Crippen LogP contribution in [0.25, 0.3) is 0 Å². The van der Waals surface area contributed by atoms with Crippen molar-refractivity contribution in [1.82, 2.24) is 5.32 Å². The first-order valence-corrected chi connectivity index (χ1v) is 7.89. The first kappa shape index (κ1) is 16.5. The van der Waals surface area contributed by atoms with E-state index in [1.54, 1.807) is 7.11 Å². The molecule has 3 heteroatoms. The largest absolute Gasteiger partial charge is 0.497 e. The Morgan fingerprint density at radius 3 is 2.58 bits per heavy atom. The third-order valence-electron chi connectivity index (χ3n) is 3.32. The molecule has 0 aliphatic rings. The van der Waals surface area contributed by atoms with E-state index in [-0.39, 0.29) is 0 Å². The molecule has 0 saturated carbocycles. The minimum Gasteiger partial charge on any atom is -0.497 e. The molecule has 108 valence electrons. The van der Waals surface area contributed by atoms with Gasteiger partial charge in [-0.25, -0.2) is 0 Å². The van der Waals surface area contributed by atoms with Crippen LogP contribution in [0.3, 0.4) is 0 Å². The quantitative estimate of drug-likeness (QED) is 0.769. The summed E-state index contributed by atoms with van der Waals surface area (Å²) in [6.07, 6.45) is 2.27. The lowest BCUT2D eigenvalue weighted by molar-refractivity contribution is 0.411. The van der Waals surface area contributed by atoms with Crippen molar-refractivity contribution >= 4 is 15.9 Å². The van der Waals surface area contributed by atoms with Crippen LogP contribution >= 0.6 is 15.9 Å². The molecule has 0 aliphatic heterocycles. The normalized spacial score (nSPS) is 12.7. The highest BCUT2D eigenvalue weighted by molar-refractivity contribution is 9.10. The third-order valence-corrected chi connectivity index (χ3v) is 4.10. The molecule has 0 heterocycles. The lowest BCUT2D eigenvalue weighted by Crippen LogP contribution is -2.27. The zero-order valence-corrected chi connectivity index (χ0v) is 14.1. The molecule has 0 aliphatic carbocycles. The van der Waals surface area contributed by atoms with Gasteiger partial charge in [-0.3, -0.25) is 0 Å². The van der Waals surface area contributed by atoms with Crippen molar-refractivity contribution in [2.75, 3.05) is 20.2 Å². The van der Waals surface area contributed by atoms with Gasteiger partial charge in [-0.2, -0.15) is 0 Å². The van der Waals surface area contributed by atoms with Gasteiger partial charge in [0.05, 0.1) is 7.11 Å². The number of ether oxygens (including phenoxy) is 1. The number of nitrogens with one attached hydrogen (secondary N) is 1. The first-order valence-electron chi connectivity index (χ1n) is 7.09. The van der Waals surface area contributed by atoms with Crippen LogP contribution in [-0.4, -0.2) is 20.2 Å². The second-order valence-corrected chi connectivity index (χ2v) is 6.34. The van der Waals surface area contributed by atoms with Crippen LogP contribution in [0.4, 0.5) is 0 Å². The molecule has 2 nitrogen and oxygen atoms in total. The monoisotopic (exact) mass is 327 g/mol. The summed E-state index contributed by atoms with van der Waals surface area (Å²) < 4.78 is 6.48. The Morgan fingerprint density at radius 2 is 2.00 bits per heavy atom. The maximum absolute atomic E-state index is 5.30. The highest BCUT2D eigenvalue weighted by atomic mass is 79.9. The maximum Gasteiger partial charge on any atom is 0.119 e. The SMILES string of the molecule is CCC(CNCC(C)C)Cc1cc(OC)ccc1Br. The fraction of sp³-hybridized carbons (Fsp3) is 0.625. The molecule has 0 fully saturated rings. The van der Waals surface area contributed by atoms with Crippen molar-refractivity contribution in [3.8, 4) is 5.75 Å². The second kappa shape index (κ2) is 8.60. The van der Waals surface area contributed by atoms with E-state index in [9.17, 15) is 0 Å². The van der Waals surface area contributed by atoms with E-state index in [1.807, 2.05) is 6.07 Å². The molecule has 0 aromatic heterocycles. The standard InChI is InChI=1S/C16H26BrNO/c1-5-13(11-18-10-12(2)3)8-14-9-15(19-4)6-7-16(14)17/h6-7,9,12-13,18H,5,8,10-11H2,1-4H3. The lowest BCUT2D eigenvalue weighted by atomic mass is 9.96. The molecule has 0 amide bonds. The van der Waals surface area contributed by atoms with Crippen LogP contribution in [0.5, 0.6) is 5.75 Å². The predicted octanol–water partition coefficient (Wildman–Crippen LogP) is 4.27. The molecular weight excluding hydrogens is 302 g/mol. The van der Waals surface area contributed by atoms with E-state index < -0.39 is 0 Å². The smallest absolute Gasteiger partial charge is 0.119 e. The van der Waals surface area contributed by atoms with Gasteiger partial charge in [-0.05, 0) is 55.1 Å². The van der Waals surface area contributed by atoms with Gasteiger partial charge in [0, 0.05) is 4.47 Å². The molecular formula is C16H26BrNO. The van der Waals surface area contributed by atoms with E-state index in [1.165, 1.54) is 16.5 Å². The zero-order valence-electron chi connectivity index (χ0n) is 12.5. The Bertz CT molecular complexity index is 379. The molecule has 0 bridgehead atoms. The molecule has 1 aromatic rings. The van der Waals surface area contributed by atoms with Crippen molar-refractivity contribution in [3.05, 3.63) is 28.2 Å². The van der Waals surface area contributed by atoms with Gasteiger partial charge in [0.15, 0.2) is 0 Å². The summed E-state index contributed by atoms with van der Waals surface area (Å²) in [5, 5.41) is 3.56. The molecule has 19 heavy (non-hydrogen) atoms. The van der Waals surface area contributed by atoms with E-state index in [4.69, 9.17) is 4.74 Å². The van der Waals surface area contributed by atoms with Gasteiger partial charge in [-0.1, -0.05) is 43.1 Å². The average Bonchev–Trinajstić information content (AvgIpc) is 2.39. The minimum absolute atomic E-state index is 0.669. The van der Waals surface area contributed by atoms with E-state index in [0.717, 1.165) is 25.3 Å². The molecule has 1 aromatic carbocycles. The summed E-state index contributed by atoms with van der Waals surface area (Å²) >= 11 is 3.63. The molecule has 1 N–H and O–H groups in total. The Kier molecular flexibility index (Phi) is 7.47. The zero-order chi connectivity index (χ0) is 14.3. The molecule has 1 atom stereocenters. The number of rotatable bonds is 8. The van der Waals surface area contributed by atoms with Crippen molar-refractivity contribution in [2.24, 2.45) is 11.8 Å². The van der Waals surface area contributed by atoms with Gasteiger partial charge in [0.2, 0.25) is 0 Å². The number of hydrogen-bond acceptors (Lipinski definition) is 2. The maximum atomic E-state index is 5.30. The summed E-state index contributed by atoms with van der Waals surface area (Å²) in [5.74, 6) is 2.31. The van der Waals surface area contributed by atoms with Crippen LogP contribution in [-0.2, 0) is 6.42 Å². The van der Waals surface area contributed by atoms with Crippen LogP contribution in [0.2, 0.25) is 0 Å². The number of methoxy groups -OCH3 is 1. The van der Waals surface area contributed by atoms with E-state index in [2.05, 4.69) is 54.2 Å². The summed E-state index contributed by atoms with van der Waals surface area (Å²) in [6.45, 7) is 8.92. The molecule has 0 saturated heterocycles. The van der Waals surface area contributed by atoms with E-state index >= 15 is 0 Å². The fourth-order valence-electron chi connectivity index (χ4n) is 2.08. The Hall–Kier alpha value is -0.540. The van der Waals surface area contributed by atoms with Crippen molar-refractivity contribution in [2.45, 2.75) is 33.6 Å². The molecule has 1 unspecified atom stereocenters. The molecule has 0 spiro atoms. The Morgan fingerprint density at radius 1 is 1.26 bits per heavy atom. The van der Waals surface area contributed by atoms with E-state index in [0.29, 0.717) is 11.8 Å². The lowest BCUT2D eigenvalue weighted by Gasteiger charge is -2.18. The number of benzene rings is 1. The molecule has 1 rings (SSSR count). The van der Waals surface area contributed by atoms with Crippen molar-refractivity contribution in [3.63, 3.8) is 0 Å². The fourth-order valence-corrected chi connectivity index (χ4v) is 2.49. The Balaban J connectivity index is 2.59. The average molecular weight is 328 g/mol. The highest BCUT2D eigenvalue weighted by Gasteiger charge is 2.11. The van der Waals surface area contributed by atoms with Gasteiger partial charge < -0.3 is 10.1 Å². The highest BCUT2D eigenvalue weighted by Crippen LogP contribution is 2.25. The van der Waals surface area contributed by atoms with Crippen LogP contribution < -0.4 is 10.1 Å². The number of hydrogen-bond donors (Lipinski definition) is 1. The van der Waals surface area contributed by atoms with Gasteiger partial charge in [0.1, 0.15) is 5.75 Å². The first-order chi connectivity index (χ1) is 9.06. The third kappa shape index (κ3) is 5.96. The van der Waals surface area contributed by atoms with Crippen molar-refractivity contribution in [1.29, 1.82) is 0 Å². The predicted molar refractivity (Wildman–Crippen MR) is 85.9 cm³/mol. The summed E-state index contributed by atoms with van der Waals surface area (Å²) in [7, 11) is 1.72. The van der Waals surface area contributed by atoms with Gasteiger partial charge in [0.25, 0.3) is 0 Å². The van der Waals surface area contributed by atoms with Crippen LogP contribution in [0.15, 0.2) is 22.7 Å². The topological polar surface area (TPSA) is 21.3 Å².